The van der Waals surface area contributed by atoms with Gasteiger partial charge in [-0.05, 0) is 34.4 Å². The van der Waals surface area contributed by atoms with Crippen LogP contribution in [0.25, 0.3) is 0 Å². The van der Waals surface area contributed by atoms with E-state index in [4.69, 9.17) is 14.2 Å². The van der Waals surface area contributed by atoms with Crippen LogP contribution >= 0.6 is 0 Å². The first-order chi connectivity index (χ1) is 21.1. The first-order valence-electron chi connectivity index (χ1n) is 14.5. The smallest absolute Gasteiger partial charge is 0.411 e. The summed E-state index contributed by atoms with van der Waals surface area (Å²) < 4.78 is 18.2. The van der Waals surface area contributed by atoms with E-state index >= 15 is 0 Å². The van der Waals surface area contributed by atoms with Crippen LogP contribution in [0.1, 0.15) is 46.6 Å². The van der Waals surface area contributed by atoms with Gasteiger partial charge in [-0.1, -0.05) is 110 Å². The molecule has 1 fully saturated rings. The predicted molar refractivity (Wildman–Crippen MR) is 167 cm³/mol. The quantitative estimate of drug-likeness (QED) is 0.174. The highest BCUT2D eigenvalue weighted by molar-refractivity contribution is 5.84. The monoisotopic (exact) mass is 578 g/mol. The second-order valence-corrected chi connectivity index (χ2v) is 10.6. The van der Waals surface area contributed by atoms with Crippen molar-refractivity contribution in [3.63, 3.8) is 0 Å². The minimum atomic E-state index is -0.599. The Labute approximate surface area is 253 Å². The van der Waals surface area contributed by atoms with Crippen LogP contribution in [0.3, 0.4) is 0 Å². The van der Waals surface area contributed by atoms with Crippen LogP contribution in [0.5, 0.6) is 0 Å². The number of ether oxygens (including phenoxy) is 3. The molecule has 1 saturated heterocycles. The molecule has 7 nitrogen and oxygen atoms in total. The van der Waals surface area contributed by atoms with E-state index in [-0.39, 0.29) is 25.4 Å². The van der Waals surface area contributed by atoms with Crippen molar-refractivity contribution in [2.24, 2.45) is 0 Å². The maximum atomic E-state index is 12.0. The molecule has 43 heavy (non-hydrogen) atoms. The number of benzene rings is 4. The van der Waals surface area contributed by atoms with Gasteiger partial charge in [-0.25, -0.2) is 4.79 Å². The van der Waals surface area contributed by atoms with E-state index in [2.05, 4.69) is 65.3 Å². The minimum absolute atomic E-state index is 0.00435. The number of hydrogen-bond donors (Lipinski definition) is 2. The summed E-state index contributed by atoms with van der Waals surface area (Å²) in [6.07, 6.45) is 0.758. The number of aliphatic hydroxyl groups excluding tert-OH is 1. The van der Waals surface area contributed by atoms with Crippen molar-refractivity contribution in [2.45, 2.75) is 44.6 Å². The second kappa shape index (κ2) is 15.3. The van der Waals surface area contributed by atoms with Gasteiger partial charge in [0.1, 0.15) is 6.61 Å². The number of nitrogens with zero attached hydrogens (tertiary/aromatic N) is 1. The van der Waals surface area contributed by atoms with Crippen molar-refractivity contribution >= 4 is 11.8 Å². The molecule has 222 valence electrons. The van der Waals surface area contributed by atoms with Gasteiger partial charge in [0.05, 0.1) is 18.8 Å². The summed E-state index contributed by atoms with van der Waals surface area (Å²) in [6.45, 7) is 5.99. The van der Waals surface area contributed by atoms with E-state index < -0.39 is 12.4 Å². The van der Waals surface area contributed by atoms with Crippen LogP contribution < -0.4 is 5.32 Å². The molecule has 0 aliphatic carbocycles. The molecule has 1 heterocycles. The number of carbonyl (C=O) groups excluding carboxylic acids is 1. The first kappa shape index (κ1) is 30.2. The molecule has 2 N–H and O–H groups in total. The van der Waals surface area contributed by atoms with E-state index in [0.717, 1.165) is 29.8 Å². The summed E-state index contributed by atoms with van der Waals surface area (Å²) in [6, 6.07) is 36.3. The Morgan fingerprint density at radius 1 is 0.837 bits per heavy atom. The zero-order chi connectivity index (χ0) is 29.9. The number of carbonyl (C=O) groups is 1. The summed E-state index contributed by atoms with van der Waals surface area (Å²) in [4.78, 5) is 14.4. The van der Waals surface area contributed by atoms with Gasteiger partial charge in [0.15, 0.2) is 6.29 Å². The van der Waals surface area contributed by atoms with Crippen molar-refractivity contribution in [1.82, 2.24) is 4.90 Å². The van der Waals surface area contributed by atoms with E-state index in [1.165, 1.54) is 17.2 Å². The molecule has 3 unspecified atom stereocenters. The molecule has 3 atom stereocenters. The molecule has 1 amide bonds. The highest BCUT2D eigenvalue weighted by atomic mass is 16.7. The zero-order valence-corrected chi connectivity index (χ0v) is 24.2. The van der Waals surface area contributed by atoms with Gasteiger partial charge < -0.3 is 19.3 Å². The number of aliphatic hydroxyl groups is 1. The third kappa shape index (κ3) is 8.86. The van der Waals surface area contributed by atoms with Crippen LogP contribution in [-0.2, 0) is 33.9 Å². The lowest BCUT2D eigenvalue weighted by Crippen LogP contribution is -2.39. The van der Waals surface area contributed by atoms with Gasteiger partial charge in [0, 0.05) is 37.3 Å². The van der Waals surface area contributed by atoms with Crippen LogP contribution in [-0.4, -0.2) is 35.4 Å². The Morgan fingerprint density at radius 3 is 2.02 bits per heavy atom. The molecule has 4 aromatic rings. The molecule has 7 heteroatoms. The van der Waals surface area contributed by atoms with E-state index in [1.54, 1.807) is 0 Å². The second-order valence-electron chi connectivity index (χ2n) is 10.6. The zero-order valence-electron chi connectivity index (χ0n) is 24.2. The molecule has 5 rings (SSSR count). The number of amides is 1. The van der Waals surface area contributed by atoms with Crippen LogP contribution in [0.4, 0.5) is 10.5 Å². The highest BCUT2D eigenvalue weighted by Gasteiger charge is 2.33. The molecule has 4 aromatic carbocycles. The largest absolute Gasteiger partial charge is 0.445 e. The summed E-state index contributed by atoms with van der Waals surface area (Å²) in [5, 5.41) is 12.3. The minimum Gasteiger partial charge on any atom is -0.445 e. The fourth-order valence-electron chi connectivity index (χ4n) is 5.20. The van der Waals surface area contributed by atoms with Crippen molar-refractivity contribution in [3.05, 3.63) is 150 Å². The Balaban J connectivity index is 1.36. The summed E-state index contributed by atoms with van der Waals surface area (Å²) in [5.41, 5.74) is 5.84. The maximum absolute atomic E-state index is 12.0. The average Bonchev–Trinajstić information content (AvgIpc) is 3.05. The van der Waals surface area contributed by atoms with E-state index in [9.17, 15) is 9.90 Å². The lowest BCUT2D eigenvalue weighted by molar-refractivity contribution is -0.253. The summed E-state index contributed by atoms with van der Waals surface area (Å²) >= 11 is 0. The molecule has 0 radical (unpaired) electrons. The van der Waals surface area contributed by atoms with Crippen molar-refractivity contribution in [2.75, 3.05) is 18.5 Å². The SMILES string of the molecule is C=CCOC(=O)Nc1ccc(C2OC(CN(Cc3ccccc3)Cc3ccccc3)CC(c3ccc(CO)cc3)O2)cc1. The molecule has 0 saturated carbocycles. The van der Waals surface area contributed by atoms with E-state index in [0.29, 0.717) is 18.7 Å². The lowest BCUT2D eigenvalue weighted by Gasteiger charge is -2.38. The highest BCUT2D eigenvalue weighted by Crippen LogP contribution is 2.38. The Hall–Kier alpha value is -4.27. The predicted octanol–water partition coefficient (Wildman–Crippen LogP) is 7.16. The van der Waals surface area contributed by atoms with Gasteiger partial charge in [0.25, 0.3) is 0 Å². The lowest BCUT2D eigenvalue weighted by atomic mass is 9.99. The number of rotatable bonds is 12. The maximum Gasteiger partial charge on any atom is 0.411 e. The third-order valence-electron chi connectivity index (χ3n) is 7.34. The topological polar surface area (TPSA) is 80.3 Å². The molecule has 0 aromatic heterocycles. The Morgan fingerprint density at radius 2 is 1.44 bits per heavy atom. The van der Waals surface area contributed by atoms with Crippen LogP contribution in [0, 0.1) is 0 Å². The molecule has 1 aliphatic heterocycles. The average molecular weight is 579 g/mol. The number of nitrogens with one attached hydrogen (secondary N) is 1. The molecule has 0 bridgehead atoms. The van der Waals surface area contributed by atoms with Crippen molar-refractivity contribution in [1.29, 1.82) is 0 Å². The van der Waals surface area contributed by atoms with Gasteiger partial charge in [-0.3, -0.25) is 10.2 Å². The number of hydrogen-bond acceptors (Lipinski definition) is 6. The van der Waals surface area contributed by atoms with Crippen LogP contribution in [0.15, 0.2) is 122 Å². The summed E-state index contributed by atoms with van der Waals surface area (Å²) in [7, 11) is 0. The molecule has 0 spiro atoms. The van der Waals surface area contributed by atoms with Gasteiger partial charge in [-0.2, -0.15) is 0 Å². The van der Waals surface area contributed by atoms with Gasteiger partial charge in [-0.15, -0.1) is 0 Å². The van der Waals surface area contributed by atoms with Crippen LogP contribution in [0.2, 0.25) is 0 Å². The Kier molecular flexibility index (Phi) is 10.7. The normalized spacial score (nSPS) is 18.2. The fourth-order valence-corrected chi connectivity index (χ4v) is 5.20. The molecular weight excluding hydrogens is 540 g/mol. The first-order valence-corrected chi connectivity index (χ1v) is 14.5. The molecular formula is C36H38N2O5. The number of anilines is 1. The summed E-state index contributed by atoms with van der Waals surface area (Å²) in [5.74, 6) is 0. The van der Waals surface area contributed by atoms with Crippen molar-refractivity contribution < 1.29 is 24.1 Å². The third-order valence-corrected chi connectivity index (χ3v) is 7.34. The van der Waals surface area contributed by atoms with Gasteiger partial charge in [0.2, 0.25) is 0 Å². The molecule has 1 aliphatic rings. The standard InChI is InChI=1S/C36H38N2O5/c1-2-21-41-36(40)37-32-19-17-31(18-20-32)35-42-33(22-34(43-35)30-15-13-29(26-39)14-16-30)25-38(23-27-9-5-3-6-10-27)24-28-11-7-4-8-12-28/h2-20,33-35,39H,1,21-26H2,(H,37,40). The van der Waals surface area contributed by atoms with E-state index in [1.807, 2.05) is 60.7 Å². The van der Waals surface area contributed by atoms with Crippen molar-refractivity contribution in [3.8, 4) is 0 Å². The fraction of sp³-hybridized carbons (Fsp3) is 0.250. The Bertz CT molecular complexity index is 1390. The van der Waals surface area contributed by atoms with Gasteiger partial charge >= 0.3 is 6.09 Å².